The number of nitrogens with zero attached hydrogens (tertiary/aromatic N) is 3. The maximum atomic E-state index is 8.82. The number of hydrogen-bond acceptors (Lipinski definition) is 8. The van der Waals surface area contributed by atoms with Gasteiger partial charge in [-0.3, -0.25) is 10.4 Å². The molecule has 2 fully saturated rings. The van der Waals surface area contributed by atoms with Crippen molar-refractivity contribution < 1.29 is 4.74 Å². The number of ether oxygens (including phenoxy) is 1. The van der Waals surface area contributed by atoms with Crippen molar-refractivity contribution in [2.45, 2.75) is 31.9 Å². The normalized spacial score (nSPS) is 24.1. The van der Waals surface area contributed by atoms with E-state index in [-0.39, 0.29) is 17.6 Å². The number of amidine groups is 1. The highest BCUT2D eigenvalue weighted by molar-refractivity contribution is 6.08. The lowest BCUT2D eigenvalue weighted by molar-refractivity contribution is -0.204. The van der Waals surface area contributed by atoms with Gasteiger partial charge in [0, 0.05) is 44.1 Å². The van der Waals surface area contributed by atoms with Crippen molar-refractivity contribution in [3.05, 3.63) is 70.8 Å². The van der Waals surface area contributed by atoms with Crippen molar-refractivity contribution in [3.8, 4) is 0 Å². The Labute approximate surface area is 201 Å². The summed E-state index contributed by atoms with van der Waals surface area (Å²) in [4.78, 5) is 8.85. The van der Waals surface area contributed by atoms with Gasteiger partial charge in [0.15, 0.2) is 0 Å². The van der Waals surface area contributed by atoms with Gasteiger partial charge >= 0.3 is 0 Å². The van der Waals surface area contributed by atoms with E-state index in [4.69, 9.17) is 26.6 Å². The van der Waals surface area contributed by atoms with E-state index in [1.54, 1.807) is 6.20 Å². The largest absolute Gasteiger partial charge is 0.404 e. The Bertz CT molecular complexity index is 1050. The summed E-state index contributed by atoms with van der Waals surface area (Å²) in [6, 6.07) is -0.0827. The van der Waals surface area contributed by atoms with Gasteiger partial charge in [0.05, 0.1) is 31.4 Å². The van der Waals surface area contributed by atoms with E-state index in [0.717, 1.165) is 54.4 Å². The predicted molar refractivity (Wildman–Crippen MR) is 137 cm³/mol. The van der Waals surface area contributed by atoms with Gasteiger partial charge in [-0.1, -0.05) is 13.8 Å². The molecule has 0 radical (unpaired) electrons. The summed E-state index contributed by atoms with van der Waals surface area (Å²) in [7, 11) is 3.85. The average molecular weight is 465 g/mol. The molecule has 182 valence electrons. The number of aliphatic imine (C=N–C) groups is 1. The minimum atomic E-state index is -0.0827. The molecule has 7 N–H and O–H groups in total. The molecule has 4 heterocycles. The molecule has 0 amide bonds. The fourth-order valence-corrected chi connectivity index (χ4v) is 4.51. The standard InChI is InChI=1S/C25H36N8O/c1-16(2)17(11-26)10-22(27)31-23-6-5-20-21(32(23)4)9-18(12-30-20)19(13-29-3)24(28)33-14-25(15-33)7-8-34-25/h5-6,9-13,16,21,28-29,31H,7-8,14-15,26-27H2,1-4H3/b17-11+,19-13-,22-10+,28-24?. The van der Waals surface area contributed by atoms with Gasteiger partial charge in [0.2, 0.25) is 0 Å². The number of hydrogen-bond donors (Lipinski definition) is 5. The van der Waals surface area contributed by atoms with E-state index in [1.807, 2.05) is 44.7 Å². The summed E-state index contributed by atoms with van der Waals surface area (Å²) in [5, 5.41) is 15.2. The molecule has 0 aliphatic carbocycles. The van der Waals surface area contributed by atoms with E-state index >= 15 is 0 Å². The van der Waals surface area contributed by atoms with Gasteiger partial charge in [-0.15, -0.1) is 0 Å². The average Bonchev–Trinajstić information content (AvgIpc) is 2.75. The summed E-state index contributed by atoms with van der Waals surface area (Å²) < 4.78 is 5.73. The molecule has 0 aromatic rings. The Morgan fingerprint density at radius 2 is 2.09 bits per heavy atom. The number of allylic oxidation sites excluding steroid dienone is 4. The second kappa shape index (κ2) is 9.42. The molecule has 0 bridgehead atoms. The molecule has 1 unspecified atom stereocenters. The number of likely N-dealkylation sites (tertiary alicyclic amines) is 1. The topological polar surface area (TPSA) is 128 Å². The molecular formula is C25H36N8O. The second-order valence-corrected chi connectivity index (χ2v) is 9.46. The SMILES string of the molecule is CN/C=C(\C(=N)N1CC2(CCO2)C1)C1=CC2C(=CC=C(N/C(N)=C/C(=C\N)C(C)C)N2C)N=C1. The van der Waals surface area contributed by atoms with Crippen LogP contribution in [0.4, 0.5) is 0 Å². The summed E-state index contributed by atoms with van der Waals surface area (Å²) in [5.41, 5.74) is 15.6. The number of likely N-dealkylation sites (N-methyl/N-ethyl adjacent to an activating group) is 1. The van der Waals surface area contributed by atoms with Crippen molar-refractivity contribution in [3.63, 3.8) is 0 Å². The van der Waals surface area contributed by atoms with Crippen molar-refractivity contribution in [1.82, 2.24) is 20.4 Å². The highest BCUT2D eigenvalue weighted by Crippen LogP contribution is 2.37. The van der Waals surface area contributed by atoms with Crippen LogP contribution in [-0.4, -0.2) is 67.3 Å². The number of dihydropyridines is 1. The summed E-state index contributed by atoms with van der Waals surface area (Å²) >= 11 is 0. The summed E-state index contributed by atoms with van der Waals surface area (Å²) in [5.74, 6) is 2.13. The van der Waals surface area contributed by atoms with Crippen LogP contribution in [0.2, 0.25) is 0 Å². The number of fused-ring (bicyclic) bond motifs is 1. The number of nitrogens with two attached hydrogens (primary N) is 2. The predicted octanol–water partition coefficient (Wildman–Crippen LogP) is 1.48. The van der Waals surface area contributed by atoms with Crippen LogP contribution in [0.1, 0.15) is 20.3 Å². The molecule has 9 nitrogen and oxygen atoms in total. The first-order valence-corrected chi connectivity index (χ1v) is 11.7. The van der Waals surface area contributed by atoms with Gasteiger partial charge in [-0.2, -0.15) is 0 Å². The van der Waals surface area contributed by atoms with Crippen LogP contribution in [0.25, 0.3) is 0 Å². The third-order valence-electron chi connectivity index (χ3n) is 6.75. The van der Waals surface area contributed by atoms with Crippen molar-refractivity contribution in [1.29, 1.82) is 5.41 Å². The smallest absolute Gasteiger partial charge is 0.130 e. The van der Waals surface area contributed by atoms with Crippen LogP contribution in [0, 0.1) is 11.3 Å². The fraction of sp³-hybridized carbons (Fsp3) is 0.440. The third-order valence-corrected chi connectivity index (χ3v) is 6.75. The molecular weight excluding hydrogens is 428 g/mol. The third kappa shape index (κ3) is 4.48. The Kier molecular flexibility index (Phi) is 6.56. The van der Waals surface area contributed by atoms with E-state index in [2.05, 4.69) is 40.4 Å². The van der Waals surface area contributed by atoms with Crippen LogP contribution < -0.4 is 22.1 Å². The molecule has 0 aromatic carbocycles. The Morgan fingerprint density at radius 3 is 2.68 bits per heavy atom. The molecule has 0 saturated carbocycles. The zero-order valence-corrected chi connectivity index (χ0v) is 20.4. The lowest BCUT2D eigenvalue weighted by atomic mass is 9.85. The lowest BCUT2D eigenvalue weighted by Crippen LogP contribution is -2.69. The van der Waals surface area contributed by atoms with Crippen LogP contribution in [0.5, 0.6) is 0 Å². The van der Waals surface area contributed by atoms with E-state index in [1.165, 1.54) is 0 Å². The van der Waals surface area contributed by atoms with Gasteiger partial charge in [0.1, 0.15) is 23.1 Å². The van der Waals surface area contributed by atoms with Gasteiger partial charge < -0.3 is 36.6 Å². The maximum absolute atomic E-state index is 8.82. The quantitative estimate of drug-likeness (QED) is 0.219. The van der Waals surface area contributed by atoms with Crippen molar-refractivity contribution in [2.75, 3.05) is 33.8 Å². The molecule has 4 aliphatic heterocycles. The first-order valence-electron chi connectivity index (χ1n) is 11.7. The van der Waals surface area contributed by atoms with E-state index < -0.39 is 0 Å². The molecule has 1 spiro atoms. The molecule has 1 atom stereocenters. The Hall–Kier alpha value is -3.46. The zero-order valence-electron chi connectivity index (χ0n) is 20.4. The lowest BCUT2D eigenvalue weighted by Gasteiger charge is -2.56. The Morgan fingerprint density at radius 1 is 1.35 bits per heavy atom. The molecule has 9 heteroatoms. The molecule has 4 rings (SSSR count). The molecule has 34 heavy (non-hydrogen) atoms. The van der Waals surface area contributed by atoms with Crippen molar-refractivity contribution in [2.24, 2.45) is 22.4 Å². The van der Waals surface area contributed by atoms with E-state index in [9.17, 15) is 0 Å². The highest BCUT2D eigenvalue weighted by Gasteiger charge is 2.50. The molecule has 2 saturated heterocycles. The monoisotopic (exact) mass is 464 g/mol. The summed E-state index contributed by atoms with van der Waals surface area (Å²) in [6.07, 6.45) is 14.3. The van der Waals surface area contributed by atoms with Gasteiger partial charge in [-0.25, -0.2) is 0 Å². The minimum absolute atomic E-state index is 0.0288. The van der Waals surface area contributed by atoms with E-state index in [0.29, 0.717) is 11.7 Å². The van der Waals surface area contributed by atoms with Crippen LogP contribution >= 0.6 is 0 Å². The van der Waals surface area contributed by atoms with Gasteiger partial charge in [-0.05, 0) is 42.0 Å². The van der Waals surface area contributed by atoms with Crippen LogP contribution in [0.15, 0.2) is 75.8 Å². The first-order chi connectivity index (χ1) is 16.3. The first kappa shape index (κ1) is 23.7. The summed E-state index contributed by atoms with van der Waals surface area (Å²) in [6.45, 7) is 6.51. The second-order valence-electron chi connectivity index (χ2n) is 9.46. The van der Waals surface area contributed by atoms with Crippen LogP contribution in [-0.2, 0) is 4.74 Å². The molecule has 4 aliphatic rings. The fourth-order valence-electron chi connectivity index (χ4n) is 4.51. The van der Waals surface area contributed by atoms with Crippen LogP contribution in [0.3, 0.4) is 0 Å². The maximum Gasteiger partial charge on any atom is 0.130 e. The van der Waals surface area contributed by atoms with Gasteiger partial charge in [0.25, 0.3) is 0 Å². The Balaban J connectivity index is 1.50. The number of nitrogens with one attached hydrogen (secondary N) is 3. The highest BCUT2D eigenvalue weighted by atomic mass is 16.5. The minimum Gasteiger partial charge on any atom is -0.404 e. The number of rotatable bonds is 7. The molecule has 0 aromatic heterocycles. The van der Waals surface area contributed by atoms with Crippen molar-refractivity contribution >= 4 is 12.1 Å². The zero-order chi connectivity index (χ0) is 24.5.